The topological polar surface area (TPSA) is 83.0 Å². The van der Waals surface area contributed by atoms with Crippen LogP contribution in [0.4, 0.5) is 0 Å². The number of likely N-dealkylation sites (N-methyl/N-ethyl adjacent to an activating group) is 1. The van der Waals surface area contributed by atoms with Crippen LogP contribution in [0.2, 0.25) is 0 Å². The number of hydrogen-bond acceptors (Lipinski definition) is 5. The van der Waals surface area contributed by atoms with Crippen LogP contribution in [0.5, 0.6) is 0 Å². The lowest BCUT2D eigenvalue weighted by atomic mass is 10.2. The van der Waals surface area contributed by atoms with Gasteiger partial charge in [-0.15, -0.1) is 11.3 Å². The van der Waals surface area contributed by atoms with Crippen molar-refractivity contribution in [3.8, 4) is 0 Å². The van der Waals surface area contributed by atoms with Gasteiger partial charge in [-0.05, 0) is 32.3 Å². The van der Waals surface area contributed by atoms with Gasteiger partial charge in [0.2, 0.25) is 0 Å². The average molecular weight is 345 g/mol. The van der Waals surface area contributed by atoms with Crippen molar-refractivity contribution in [1.82, 2.24) is 24.8 Å². The maximum Gasteiger partial charge on any atom is 0.326 e. The lowest BCUT2D eigenvalue weighted by molar-refractivity contribution is 0.0951. The van der Waals surface area contributed by atoms with Crippen molar-refractivity contribution >= 4 is 28.3 Å². The van der Waals surface area contributed by atoms with Crippen LogP contribution in [-0.4, -0.2) is 46.0 Å². The van der Waals surface area contributed by atoms with Crippen LogP contribution in [0.3, 0.4) is 0 Å². The van der Waals surface area contributed by atoms with Crippen LogP contribution in [0.25, 0.3) is 11.0 Å². The zero-order valence-corrected chi connectivity index (χ0v) is 14.4. The zero-order chi connectivity index (χ0) is 17.1. The molecule has 2 heterocycles. The summed E-state index contributed by atoms with van der Waals surface area (Å²) in [5, 5.41) is 5.57. The standard InChI is InChI=1S/C16H19N5O2S/c1-20(2)6-7-21-13-9-11(3-4-12(13)19-16(21)23)15(22)18-10-14-17-5-8-24-14/h3-5,8-9H,6-7,10H2,1-2H3,(H,18,22)(H,19,23). The maximum atomic E-state index is 12.3. The van der Waals surface area contributed by atoms with E-state index in [0.717, 1.165) is 22.6 Å². The maximum absolute atomic E-state index is 12.3. The molecule has 1 aromatic carbocycles. The van der Waals surface area contributed by atoms with Gasteiger partial charge in [-0.2, -0.15) is 0 Å². The zero-order valence-electron chi connectivity index (χ0n) is 13.6. The molecule has 0 spiro atoms. The minimum atomic E-state index is -0.181. The summed E-state index contributed by atoms with van der Waals surface area (Å²) in [4.78, 5) is 33.4. The molecule has 8 heteroatoms. The molecule has 1 amide bonds. The Morgan fingerprint density at radius 1 is 1.42 bits per heavy atom. The molecule has 0 saturated carbocycles. The van der Waals surface area contributed by atoms with Crippen LogP contribution in [0.1, 0.15) is 15.4 Å². The average Bonchev–Trinajstić information content (AvgIpc) is 3.17. The molecule has 0 fully saturated rings. The summed E-state index contributed by atoms with van der Waals surface area (Å²) in [5.74, 6) is -0.181. The molecular weight excluding hydrogens is 326 g/mol. The first kappa shape index (κ1) is 16.4. The molecule has 3 rings (SSSR count). The van der Waals surface area contributed by atoms with Crippen molar-refractivity contribution in [2.45, 2.75) is 13.1 Å². The molecule has 0 aliphatic carbocycles. The van der Waals surface area contributed by atoms with E-state index in [9.17, 15) is 9.59 Å². The third-order valence-corrected chi connectivity index (χ3v) is 4.47. The Kier molecular flexibility index (Phi) is 4.77. The smallest absolute Gasteiger partial charge is 0.326 e. The van der Waals surface area contributed by atoms with Gasteiger partial charge in [0, 0.05) is 30.2 Å². The minimum Gasteiger partial charge on any atom is -0.346 e. The van der Waals surface area contributed by atoms with Gasteiger partial charge in [-0.3, -0.25) is 9.36 Å². The highest BCUT2D eigenvalue weighted by molar-refractivity contribution is 7.09. The number of nitrogens with zero attached hydrogens (tertiary/aromatic N) is 3. The summed E-state index contributed by atoms with van der Waals surface area (Å²) in [7, 11) is 3.91. The highest BCUT2D eigenvalue weighted by Gasteiger charge is 2.12. The van der Waals surface area contributed by atoms with Gasteiger partial charge in [0.1, 0.15) is 5.01 Å². The Morgan fingerprint density at radius 3 is 2.96 bits per heavy atom. The summed E-state index contributed by atoms with van der Waals surface area (Å²) in [5.41, 5.74) is 1.84. The van der Waals surface area contributed by atoms with E-state index in [1.54, 1.807) is 29.0 Å². The monoisotopic (exact) mass is 345 g/mol. The normalized spacial score (nSPS) is 11.3. The minimum absolute atomic E-state index is 0.160. The predicted molar refractivity (Wildman–Crippen MR) is 94.4 cm³/mol. The van der Waals surface area contributed by atoms with Crippen molar-refractivity contribution in [3.63, 3.8) is 0 Å². The second-order valence-corrected chi connectivity index (χ2v) is 6.70. The Bertz CT molecular complexity index is 895. The third kappa shape index (κ3) is 3.55. The highest BCUT2D eigenvalue weighted by Crippen LogP contribution is 2.13. The van der Waals surface area contributed by atoms with E-state index in [-0.39, 0.29) is 11.6 Å². The van der Waals surface area contributed by atoms with Crippen LogP contribution >= 0.6 is 11.3 Å². The number of benzene rings is 1. The molecule has 2 N–H and O–H groups in total. The van der Waals surface area contributed by atoms with Gasteiger partial charge in [-0.1, -0.05) is 0 Å². The van der Waals surface area contributed by atoms with Gasteiger partial charge in [0.15, 0.2) is 0 Å². The van der Waals surface area contributed by atoms with E-state index in [1.807, 2.05) is 24.4 Å². The van der Waals surface area contributed by atoms with Gasteiger partial charge in [0.05, 0.1) is 17.6 Å². The van der Waals surface area contributed by atoms with Crippen molar-refractivity contribution in [3.05, 3.63) is 50.8 Å². The number of aromatic nitrogens is 3. The molecule has 0 aliphatic heterocycles. The molecule has 126 valence electrons. The lowest BCUT2D eigenvalue weighted by Gasteiger charge is -2.10. The molecule has 0 unspecified atom stereocenters. The number of hydrogen-bond donors (Lipinski definition) is 2. The molecule has 2 aromatic heterocycles. The Labute approximate surface area is 142 Å². The number of carbonyl (C=O) groups excluding carboxylic acids is 1. The fraction of sp³-hybridized carbons (Fsp3) is 0.312. The first-order valence-electron chi connectivity index (χ1n) is 7.58. The number of thiazole rings is 1. The second kappa shape index (κ2) is 6.98. The van der Waals surface area contributed by atoms with Gasteiger partial charge < -0.3 is 15.2 Å². The number of carbonyl (C=O) groups is 1. The largest absolute Gasteiger partial charge is 0.346 e. The summed E-state index contributed by atoms with van der Waals surface area (Å²) in [6.07, 6.45) is 1.71. The van der Waals surface area contributed by atoms with Crippen molar-refractivity contribution < 1.29 is 4.79 Å². The van der Waals surface area contributed by atoms with E-state index < -0.39 is 0 Å². The molecule has 0 bridgehead atoms. The number of imidazole rings is 1. The van der Waals surface area contributed by atoms with Crippen LogP contribution in [0.15, 0.2) is 34.6 Å². The SMILES string of the molecule is CN(C)CCn1c(=O)[nH]c2ccc(C(=O)NCc3nccs3)cc21. The van der Waals surface area contributed by atoms with E-state index >= 15 is 0 Å². The summed E-state index contributed by atoms with van der Waals surface area (Å²) >= 11 is 1.50. The quantitative estimate of drug-likeness (QED) is 0.705. The number of aromatic amines is 1. The van der Waals surface area contributed by atoms with Crippen LogP contribution < -0.4 is 11.0 Å². The lowest BCUT2D eigenvalue weighted by Crippen LogP contribution is -2.25. The number of fused-ring (bicyclic) bond motifs is 1. The number of rotatable bonds is 6. The van der Waals surface area contributed by atoms with E-state index in [1.165, 1.54) is 11.3 Å². The van der Waals surface area contributed by atoms with Crippen LogP contribution in [0, 0.1) is 0 Å². The van der Waals surface area contributed by atoms with Gasteiger partial charge >= 0.3 is 5.69 Å². The Balaban J connectivity index is 1.82. The van der Waals surface area contributed by atoms with Crippen LogP contribution in [-0.2, 0) is 13.1 Å². The fourth-order valence-electron chi connectivity index (χ4n) is 2.41. The molecule has 0 saturated heterocycles. The molecule has 7 nitrogen and oxygen atoms in total. The molecule has 0 aliphatic rings. The Hall–Kier alpha value is -2.45. The number of H-pyrrole nitrogens is 1. The molecule has 0 atom stereocenters. The first-order chi connectivity index (χ1) is 11.5. The van der Waals surface area contributed by atoms with Crippen molar-refractivity contribution in [1.29, 1.82) is 0 Å². The second-order valence-electron chi connectivity index (χ2n) is 5.73. The first-order valence-corrected chi connectivity index (χ1v) is 8.46. The molecule has 3 aromatic rings. The molecule has 0 radical (unpaired) electrons. The van der Waals surface area contributed by atoms with E-state index in [2.05, 4.69) is 15.3 Å². The number of amides is 1. The molecular formula is C16H19N5O2S. The summed E-state index contributed by atoms with van der Waals surface area (Å²) < 4.78 is 1.66. The summed E-state index contributed by atoms with van der Waals surface area (Å²) in [6.45, 7) is 1.71. The van der Waals surface area contributed by atoms with E-state index in [0.29, 0.717) is 18.7 Å². The van der Waals surface area contributed by atoms with Crippen molar-refractivity contribution in [2.24, 2.45) is 0 Å². The summed E-state index contributed by atoms with van der Waals surface area (Å²) in [6, 6.07) is 5.23. The fourth-order valence-corrected chi connectivity index (χ4v) is 2.97. The highest BCUT2D eigenvalue weighted by atomic mass is 32.1. The van der Waals surface area contributed by atoms with E-state index in [4.69, 9.17) is 0 Å². The third-order valence-electron chi connectivity index (χ3n) is 3.69. The van der Waals surface area contributed by atoms with Crippen molar-refractivity contribution in [2.75, 3.05) is 20.6 Å². The van der Waals surface area contributed by atoms with Gasteiger partial charge in [0.25, 0.3) is 5.91 Å². The predicted octanol–water partition coefficient (Wildman–Crippen LogP) is 1.28. The Morgan fingerprint density at radius 2 is 2.25 bits per heavy atom. The molecule has 24 heavy (non-hydrogen) atoms. The number of nitrogens with one attached hydrogen (secondary N) is 2. The van der Waals surface area contributed by atoms with Gasteiger partial charge in [-0.25, -0.2) is 9.78 Å².